The van der Waals surface area contributed by atoms with Crippen LogP contribution in [0.15, 0.2) is 42.6 Å². The van der Waals surface area contributed by atoms with Crippen molar-refractivity contribution in [2.75, 3.05) is 12.4 Å². The molecule has 3 aromatic rings. The average molecular weight is 535 g/mol. The number of aryl methyl sites for hydroxylation is 1. The monoisotopic (exact) mass is 533 g/mol. The molecule has 0 aliphatic heterocycles. The molecule has 3 N–H and O–H groups in total. The van der Waals surface area contributed by atoms with E-state index in [9.17, 15) is 4.79 Å². The van der Waals surface area contributed by atoms with Gasteiger partial charge in [-0.2, -0.15) is 5.10 Å². The van der Waals surface area contributed by atoms with E-state index in [4.69, 9.17) is 15.6 Å². The summed E-state index contributed by atoms with van der Waals surface area (Å²) in [6, 6.07) is 11.3. The van der Waals surface area contributed by atoms with Crippen LogP contribution in [-0.4, -0.2) is 33.8 Å². The number of halogens is 2. The van der Waals surface area contributed by atoms with Gasteiger partial charge in [-0.25, -0.2) is 4.98 Å². The van der Waals surface area contributed by atoms with Gasteiger partial charge >= 0.3 is 0 Å². The first-order chi connectivity index (χ1) is 16.4. The zero-order valence-electron chi connectivity index (χ0n) is 21.4. The van der Waals surface area contributed by atoms with E-state index in [1.807, 2.05) is 48.0 Å². The predicted octanol–water partition coefficient (Wildman–Crippen LogP) is 5.55. The van der Waals surface area contributed by atoms with E-state index in [-0.39, 0.29) is 36.6 Å². The number of nitrogens with zero attached hydrogens (tertiary/aromatic N) is 3. The number of carbonyl (C=O) groups excluding carboxylic acids is 1. The highest BCUT2D eigenvalue weighted by molar-refractivity contribution is 5.94. The summed E-state index contributed by atoms with van der Waals surface area (Å²) in [5, 5.41) is 7.65. The fourth-order valence-corrected chi connectivity index (χ4v) is 4.86. The third kappa shape index (κ3) is 6.78. The molecule has 0 spiro atoms. The topological polar surface area (TPSA) is 95.1 Å². The molecule has 0 bridgehead atoms. The van der Waals surface area contributed by atoms with Gasteiger partial charge in [-0.1, -0.05) is 31.9 Å². The highest BCUT2D eigenvalue weighted by Crippen LogP contribution is 2.31. The van der Waals surface area contributed by atoms with Crippen molar-refractivity contribution < 1.29 is 9.53 Å². The van der Waals surface area contributed by atoms with Gasteiger partial charge in [0.15, 0.2) is 0 Å². The molecule has 2 heterocycles. The Kier molecular flexibility index (Phi) is 10.8. The number of methoxy groups -OCH3 is 1. The van der Waals surface area contributed by atoms with E-state index in [1.54, 1.807) is 13.3 Å². The number of anilines is 1. The maximum Gasteiger partial charge on any atom is 0.242 e. The van der Waals surface area contributed by atoms with Crippen LogP contribution < -0.4 is 15.8 Å². The Morgan fingerprint density at radius 1 is 1.11 bits per heavy atom. The van der Waals surface area contributed by atoms with E-state index in [2.05, 4.69) is 24.1 Å². The molecule has 36 heavy (non-hydrogen) atoms. The number of hydrogen-bond donors (Lipinski definition) is 2. The van der Waals surface area contributed by atoms with Gasteiger partial charge in [0.1, 0.15) is 11.6 Å². The molecule has 0 radical (unpaired) electrons. The second kappa shape index (κ2) is 13.1. The van der Waals surface area contributed by atoms with Crippen molar-refractivity contribution in [2.24, 2.45) is 17.6 Å². The maximum absolute atomic E-state index is 12.7. The lowest BCUT2D eigenvalue weighted by Gasteiger charge is -2.29. The maximum atomic E-state index is 12.7. The van der Waals surface area contributed by atoms with E-state index >= 15 is 0 Å². The minimum absolute atomic E-state index is 0. The van der Waals surface area contributed by atoms with Gasteiger partial charge in [-0.15, -0.1) is 24.8 Å². The molecule has 1 aliphatic rings. The number of benzene rings is 1. The summed E-state index contributed by atoms with van der Waals surface area (Å²) in [6.45, 7) is 7.01. The molecule has 4 rings (SSSR count). The Hall–Kier alpha value is -2.61. The van der Waals surface area contributed by atoms with Crippen LogP contribution in [0, 0.1) is 25.7 Å². The molecule has 0 unspecified atom stereocenters. The Balaban J connectivity index is 0.00000228. The van der Waals surface area contributed by atoms with E-state index in [0.29, 0.717) is 12.4 Å². The van der Waals surface area contributed by atoms with Crippen LogP contribution in [0.4, 0.5) is 5.82 Å². The summed E-state index contributed by atoms with van der Waals surface area (Å²) in [7, 11) is 1.67. The molecule has 0 saturated heterocycles. The fourth-order valence-electron chi connectivity index (χ4n) is 4.86. The summed E-state index contributed by atoms with van der Waals surface area (Å²) in [5.74, 6) is 2.18. The summed E-state index contributed by atoms with van der Waals surface area (Å²) >= 11 is 0. The largest absolute Gasteiger partial charge is 0.497 e. The molecule has 1 atom stereocenters. The number of amides is 1. The standard InChI is InChI=1S/C27H35N5O2.2ClH/c1-17-5-9-21(10-6-17)26(28)27(33)30-24-14-11-22(15-29-24)25-18(2)31-32(19(25)3)16-20-7-12-23(34-4)13-8-20;;/h7-8,11-15,17,21,26H,5-6,9-10,16,28H2,1-4H3,(H,29,30,33);2*1H/t17?,21?,26-;;/m0../s1. The molecule has 1 amide bonds. The number of rotatable bonds is 7. The van der Waals surface area contributed by atoms with Crippen molar-refractivity contribution in [1.29, 1.82) is 0 Å². The minimum Gasteiger partial charge on any atom is -0.497 e. The van der Waals surface area contributed by atoms with Gasteiger partial charge in [-0.05, 0) is 68.4 Å². The summed E-state index contributed by atoms with van der Waals surface area (Å²) in [5.41, 5.74) is 11.5. The zero-order valence-corrected chi connectivity index (χ0v) is 23.0. The van der Waals surface area contributed by atoms with E-state index in [1.165, 1.54) is 0 Å². The van der Waals surface area contributed by atoms with Crippen molar-refractivity contribution in [2.45, 2.75) is 59.0 Å². The SMILES string of the molecule is COc1ccc(Cn2nc(C)c(-c3ccc(NC(=O)[C@@H](N)C4CCC(C)CC4)nc3)c2C)cc1.Cl.Cl. The van der Waals surface area contributed by atoms with Gasteiger partial charge < -0.3 is 15.8 Å². The molecule has 1 fully saturated rings. The van der Waals surface area contributed by atoms with Crippen molar-refractivity contribution in [3.05, 3.63) is 59.5 Å². The van der Waals surface area contributed by atoms with Crippen LogP contribution in [-0.2, 0) is 11.3 Å². The van der Waals surface area contributed by atoms with Crippen LogP contribution >= 0.6 is 24.8 Å². The number of ether oxygens (including phenoxy) is 1. The number of pyridine rings is 1. The smallest absolute Gasteiger partial charge is 0.242 e. The summed E-state index contributed by atoms with van der Waals surface area (Å²) < 4.78 is 7.25. The van der Waals surface area contributed by atoms with Crippen LogP contribution in [0.25, 0.3) is 11.1 Å². The molecular weight excluding hydrogens is 497 g/mol. The van der Waals surface area contributed by atoms with Crippen molar-refractivity contribution in [1.82, 2.24) is 14.8 Å². The van der Waals surface area contributed by atoms with Gasteiger partial charge in [-0.3, -0.25) is 9.48 Å². The first-order valence-electron chi connectivity index (χ1n) is 12.1. The highest BCUT2D eigenvalue weighted by atomic mass is 35.5. The second-order valence-electron chi connectivity index (χ2n) is 9.52. The van der Waals surface area contributed by atoms with Gasteiger partial charge in [0, 0.05) is 23.0 Å². The summed E-state index contributed by atoms with van der Waals surface area (Å²) in [6.07, 6.45) is 6.10. The number of hydrogen-bond acceptors (Lipinski definition) is 5. The van der Waals surface area contributed by atoms with Crippen molar-refractivity contribution >= 4 is 36.5 Å². The van der Waals surface area contributed by atoms with Crippen molar-refractivity contribution in [3.63, 3.8) is 0 Å². The van der Waals surface area contributed by atoms with E-state index < -0.39 is 6.04 Å². The molecular formula is C27H37Cl2N5O2. The zero-order chi connectivity index (χ0) is 24.2. The summed E-state index contributed by atoms with van der Waals surface area (Å²) in [4.78, 5) is 17.2. The van der Waals surface area contributed by atoms with Crippen LogP contribution in [0.1, 0.15) is 49.6 Å². The minimum atomic E-state index is -0.491. The van der Waals surface area contributed by atoms with Gasteiger partial charge in [0.25, 0.3) is 0 Å². The van der Waals surface area contributed by atoms with Crippen LogP contribution in [0.3, 0.4) is 0 Å². The molecule has 9 heteroatoms. The number of carbonyl (C=O) groups is 1. The first-order valence-corrected chi connectivity index (χ1v) is 12.1. The molecule has 2 aromatic heterocycles. The predicted molar refractivity (Wildman–Crippen MR) is 149 cm³/mol. The van der Waals surface area contributed by atoms with Gasteiger partial charge in [0.2, 0.25) is 5.91 Å². The lowest BCUT2D eigenvalue weighted by atomic mass is 9.79. The molecule has 196 valence electrons. The fraction of sp³-hybridized carbons (Fsp3) is 0.444. The number of aromatic nitrogens is 3. The highest BCUT2D eigenvalue weighted by Gasteiger charge is 2.28. The molecule has 1 saturated carbocycles. The Morgan fingerprint density at radius 3 is 2.36 bits per heavy atom. The van der Waals surface area contributed by atoms with Crippen LogP contribution in [0.2, 0.25) is 0 Å². The average Bonchev–Trinajstić information content (AvgIpc) is 3.12. The molecule has 1 aliphatic carbocycles. The lowest BCUT2D eigenvalue weighted by Crippen LogP contribution is -2.43. The molecule has 1 aromatic carbocycles. The van der Waals surface area contributed by atoms with Gasteiger partial charge in [0.05, 0.1) is 25.4 Å². The Bertz CT molecular complexity index is 1120. The van der Waals surface area contributed by atoms with E-state index in [0.717, 1.165) is 65.4 Å². The quantitative estimate of drug-likeness (QED) is 0.414. The number of nitrogens with one attached hydrogen (secondary N) is 1. The normalized spacial score (nSPS) is 17.9. The lowest BCUT2D eigenvalue weighted by molar-refractivity contribution is -0.118. The number of nitrogens with two attached hydrogens (primary N) is 1. The Morgan fingerprint density at radius 2 is 1.78 bits per heavy atom. The third-order valence-electron chi connectivity index (χ3n) is 7.05. The first kappa shape index (κ1) is 29.6. The molecule has 7 nitrogen and oxygen atoms in total. The third-order valence-corrected chi connectivity index (χ3v) is 7.05. The van der Waals surface area contributed by atoms with Crippen LogP contribution in [0.5, 0.6) is 5.75 Å². The van der Waals surface area contributed by atoms with Crippen molar-refractivity contribution in [3.8, 4) is 16.9 Å². The Labute approximate surface area is 226 Å². The second-order valence-corrected chi connectivity index (χ2v) is 9.52.